The summed E-state index contributed by atoms with van der Waals surface area (Å²) in [5.74, 6) is -0.368. The third-order valence-electron chi connectivity index (χ3n) is 2.16. The molecule has 0 unspecified atom stereocenters. The average Bonchev–Trinajstić information content (AvgIpc) is 2.32. The molecule has 1 heterocycles. The fourth-order valence-electron chi connectivity index (χ4n) is 1.41. The Balaban J connectivity index is 2.68. The van der Waals surface area contributed by atoms with Gasteiger partial charge in [0.15, 0.2) is 0 Å². The fourth-order valence-corrected chi connectivity index (χ4v) is 1.77. The summed E-state index contributed by atoms with van der Waals surface area (Å²) >= 11 is 3.27. The normalized spacial score (nSPS) is 9.81. The fraction of sp³-hybridized carbons (Fsp3) is 0. The molecule has 1 aromatic heterocycles. The number of hydrogen-bond acceptors (Lipinski definition) is 2. The Kier molecular flexibility index (Phi) is 2.97. The Bertz CT molecular complexity index is 575. The van der Waals surface area contributed by atoms with Crippen LogP contribution in [-0.2, 0) is 0 Å². The maximum Gasteiger partial charge on any atom is 0.131 e. The zero-order chi connectivity index (χ0) is 11.5. The Morgan fingerprint density at radius 2 is 2.06 bits per heavy atom. The number of nitriles is 1. The van der Waals surface area contributed by atoms with E-state index in [1.54, 1.807) is 18.2 Å². The molecule has 0 N–H and O–H groups in total. The van der Waals surface area contributed by atoms with Crippen LogP contribution >= 0.6 is 15.9 Å². The van der Waals surface area contributed by atoms with Crippen molar-refractivity contribution in [2.45, 2.75) is 0 Å². The molecule has 2 rings (SSSR count). The molecule has 0 fully saturated rings. The van der Waals surface area contributed by atoms with Crippen LogP contribution in [0.1, 0.15) is 5.56 Å². The van der Waals surface area contributed by atoms with Gasteiger partial charge >= 0.3 is 0 Å². The molecule has 0 amide bonds. The lowest BCUT2D eigenvalue weighted by molar-refractivity contribution is 0.631. The Hall–Kier alpha value is -1.73. The largest absolute Gasteiger partial charge is 0.264 e. The molecule has 0 aliphatic heterocycles. The molecule has 4 heteroatoms. The van der Waals surface area contributed by atoms with Crippen molar-refractivity contribution in [3.8, 4) is 17.2 Å². The van der Waals surface area contributed by atoms with Crippen LogP contribution in [0.4, 0.5) is 4.39 Å². The van der Waals surface area contributed by atoms with Crippen LogP contribution in [0, 0.1) is 17.1 Å². The summed E-state index contributed by atoms with van der Waals surface area (Å²) in [5.41, 5.74) is 1.29. The van der Waals surface area contributed by atoms with Crippen LogP contribution in [0.25, 0.3) is 11.1 Å². The van der Waals surface area contributed by atoms with Crippen molar-refractivity contribution in [3.63, 3.8) is 0 Å². The van der Waals surface area contributed by atoms with Gasteiger partial charge in [-0.3, -0.25) is 4.98 Å². The van der Waals surface area contributed by atoms with Crippen molar-refractivity contribution in [2.24, 2.45) is 0 Å². The van der Waals surface area contributed by atoms with E-state index in [0.717, 1.165) is 4.47 Å². The molecule has 0 atom stereocenters. The first kappa shape index (κ1) is 10.8. The van der Waals surface area contributed by atoms with Crippen LogP contribution in [0.3, 0.4) is 0 Å². The molecular formula is C12H6BrFN2. The maximum absolute atomic E-state index is 13.6. The maximum atomic E-state index is 13.6. The number of rotatable bonds is 1. The lowest BCUT2D eigenvalue weighted by Crippen LogP contribution is -1.89. The smallest absolute Gasteiger partial charge is 0.131 e. The van der Waals surface area contributed by atoms with E-state index in [0.29, 0.717) is 16.7 Å². The van der Waals surface area contributed by atoms with Gasteiger partial charge in [-0.05, 0) is 24.3 Å². The summed E-state index contributed by atoms with van der Waals surface area (Å²) in [4.78, 5) is 3.91. The molecule has 0 aliphatic carbocycles. The Morgan fingerprint density at radius 1 is 1.25 bits per heavy atom. The summed E-state index contributed by atoms with van der Waals surface area (Å²) in [6, 6.07) is 8.18. The number of benzene rings is 1. The quantitative estimate of drug-likeness (QED) is 0.799. The molecule has 2 aromatic rings. The zero-order valence-corrected chi connectivity index (χ0v) is 9.70. The van der Waals surface area contributed by atoms with E-state index < -0.39 is 0 Å². The first-order valence-electron chi connectivity index (χ1n) is 4.52. The highest BCUT2D eigenvalue weighted by molar-refractivity contribution is 9.10. The lowest BCUT2D eigenvalue weighted by atomic mass is 10.0. The van der Waals surface area contributed by atoms with Crippen LogP contribution < -0.4 is 0 Å². The van der Waals surface area contributed by atoms with E-state index in [-0.39, 0.29) is 5.82 Å². The van der Waals surface area contributed by atoms with Gasteiger partial charge in [-0.1, -0.05) is 15.9 Å². The second kappa shape index (κ2) is 4.42. The molecule has 0 spiro atoms. The predicted octanol–water partition coefficient (Wildman–Crippen LogP) is 3.52. The molecule has 16 heavy (non-hydrogen) atoms. The monoisotopic (exact) mass is 276 g/mol. The van der Waals surface area contributed by atoms with E-state index in [2.05, 4.69) is 20.9 Å². The third kappa shape index (κ3) is 1.95. The molecule has 1 aromatic carbocycles. The minimum atomic E-state index is -0.368. The van der Waals surface area contributed by atoms with Crippen molar-refractivity contribution < 1.29 is 4.39 Å². The van der Waals surface area contributed by atoms with Gasteiger partial charge < -0.3 is 0 Å². The molecular weight excluding hydrogens is 271 g/mol. The first-order chi connectivity index (χ1) is 7.72. The highest BCUT2D eigenvalue weighted by atomic mass is 79.9. The van der Waals surface area contributed by atoms with Gasteiger partial charge in [0.2, 0.25) is 0 Å². The van der Waals surface area contributed by atoms with Crippen molar-refractivity contribution in [2.75, 3.05) is 0 Å². The van der Waals surface area contributed by atoms with Crippen molar-refractivity contribution in [3.05, 3.63) is 52.5 Å². The summed E-state index contributed by atoms with van der Waals surface area (Å²) in [7, 11) is 0. The van der Waals surface area contributed by atoms with Crippen LogP contribution in [-0.4, -0.2) is 4.98 Å². The van der Waals surface area contributed by atoms with Gasteiger partial charge in [0, 0.05) is 28.0 Å². The van der Waals surface area contributed by atoms with Gasteiger partial charge in [0.1, 0.15) is 5.82 Å². The molecule has 0 aliphatic rings. The van der Waals surface area contributed by atoms with Gasteiger partial charge in [-0.2, -0.15) is 5.26 Å². The van der Waals surface area contributed by atoms with E-state index in [1.165, 1.54) is 18.5 Å². The highest BCUT2D eigenvalue weighted by Crippen LogP contribution is 2.27. The van der Waals surface area contributed by atoms with Gasteiger partial charge in [0.05, 0.1) is 11.6 Å². The van der Waals surface area contributed by atoms with Gasteiger partial charge in [-0.25, -0.2) is 4.39 Å². The second-order valence-electron chi connectivity index (χ2n) is 3.16. The van der Waals surface area contributed by atoms with E-state index in [9.17, 15) is 4.39 Å². The topological polar surface area (TPSA) is 36.7 Å². The second-order valence-corrected chi connectivity index (χ2v) is 4.07. The lowest BCUT2D eigenvalue weighted by Gasteiger charge is -2.05. The summed E-state index contributed by atoms with van der Waals surface area (Å²) in [5, 5.41) is 8.93. The molecule has 0 saturated heterocycles. The van der Waals surface area contributed by atoms with Crippen molar-refractivity contribution in [1.29, 1.82) is 5.26 Å². The standard InChI is InChI=1S/C12H6BrFN2/c13-9-1-2-12(14)10(5-9)11-7-16-4-3-8(11)6-15/h1-5,7H. The van der Waals surface area contributed by atoms with Gasteiger partial charge in [0.25, 0.3) is 0 Å². The molecule has 78 valence electrons. The Labute approximate surface area is 100 Å². The minimum Gasteiger partial charge on any atom is -0.264 e. The number of halogens is 2. The van der Waals surface area contributed by atoms with E-state index in [4.69, 9.17) is 5.26 Å². The molecule has 0 radical (unpaired) electrons. The van der Waals surface area contributed by atoms with Crippen molar-refractivity contribution >= 4 is 15.9 Å². The Morgan fingerprint density at radius 3 is 2.81 bits per heavy atom. The minimum absolute atomic E-state index is 0.368. The van der Waals surface area contributed by atoms with Crippen molar-refractivity contribution in [1.82, 2.24) is 4.98 Å². The predicted molar refractivity (Wildman–Crippen MR) is 62.0 cm³/mol. The molecule has 0 saturated carbocycles. The van der Waals surface area contributed by atoms with Gasteiger partial charge in [-0.15, -0.1) is 0 Å². The number of aromatic nitrogens is 1. The summed E-state index contributed by atoms with van der Waals surface area (Å²) in [6.45, 7) is 0. The summed E-state index contributed by atoms with van der Waals surface area (Å²) < 4.78 is 14.4. The highest BCUT2D eigenvalue weighted by Gasteiger charge is 2.10. The van der Waals surface area contributed by atoms with E-state index in [1.807, 2.05) is 6.07 Å². The van der Waals surface area contributed by atoms with Crippen LogP contribution in [0.2, 0.25) is 0 Å². The van der Waals surface area contributed by atoms with Crippen LogP contribution in [0.15, 0.2) is 41.1 Å². The first-order valence-corrected chi connectivity index (χ1v) is 5.31. The SMILES string of the molecule is N#Cc1ccncc1-c1cc(Br)ccc1F. The summed E-state index contributed by atoms with van der Waals surface area (Å²) in [6.07, 6.45) is 3.00. The average molecular weight is 277 g/mol. The number of hydrogen-bond donors (Lipinski definition) is 0. The van der Waals surface area contributed by atoms with E-state index >= 15 is 0 Å². The molecule has 2 nitrogen and oxygen atoms in total. The zero-order valence-electron chi connectivity index (χ0n) is 8.11. The molecule has 0 bridgehead atoms. The number of pyridine rings is 1. The van der Waals surface area contributed by atoms with Crippen LogP contribution in [0.5, 0.6) is 0 Å². The number of nitrogens with zero attached hydrogens (tertiary/aromatic N) is 2. The third-order valence-corrected chi connectivity index (χ3v) is 2.65.